The molecule has 2 aromatic carbocycles. The van der Waals surface area contributed by atoms with Gasteiger partial charge in [-0.3, -0.25) is 5.43 Å². The maximum atomic E-state index is 5.40. The molecule has 1 saturated heterocycles. The lowest BCUT2D eigenvalue weighted by atomic mass is 10.1. The van der Waals surface area contributed by atoms with Gasteiger partial charge >= 0.3 is 0 Å². The number of aryl methyl sites for hydroxylation is 1. The molecule has 120 valence electrons. The average molecular weight is 309 g/mol. The molecule has 1 heterocycles. The van der Waals surface area contributed by atoms with E-state index < -0.39 is 0 Å². The van der Waals surface area contributed by atoms with E-state index in [0.29, 0.717) is 0 Å². The van der Waals surface area contributed by atoms with E-state index in [-0.39, 0.29) is 0 Å². The standard InChI is InChI=1S/C19H23N3O/c1-15-4-3-5-18(14-15)21-20-16(2)17-6-8-19(9-7-17)22-10-12-23-13-11-22/h3-9,14,21H,10-13H2,1-2H3/b20-16-. The van der Waals surface area contributed by atoms with Crippen molar-refractivity contribution in [3.63, 3.8) is 0 Å². The first-order chi connectivity index (χ1) is 11.2. The Bertz CT molecular complexity index is 673. The van der Waals surface area contributed by atoms with Crippen LogP contribution in [0.2, 0.25) is 0 Å². The zero-order chi connectivity index (χ0) is 16.1. The highest BCUT2D eigenvalue weighted by Gasteiger charge is 2.10. The van der Waals surface area contributed by atoms with Crippen molar-refractivity contribution in [3.8, 4) is 0 Å². The lowest BCUT2D eigenvalue weighted by Gasteiger charge is -2.28. The van der Waals surface area contributed by atoms with Crippen LogP contribution in [0.1, 0.15) is 18.1 Å². The van der Waals surface area contributed by atoms with Gasteiger partial charge in [0.2, 0.25) is 0 Å². The molecule has 1 aliphatic rings. The predicted octanol–water partition coefficient (Wildman–Crippen LogP) is 3.67. The van der Waals surface area contributed by atoms with Gasteiger partial charge in [0.25, 0.3) is 0 Å². The van der Waals surface area contributed by atoms with Crippen LogP contribution < -0.4 is 10.3 Å². The SMILES string of the molecule is C/C(=N/Nc1cccc(C)c1)c1ccc(N2CCOCC2)cc1. The molecule has 0 aliphatic carbocycles. The summed E-state index contributed by atoms with van der Waals surface area (Å²) in [6.45, 7) is 7.63. The number of nitrogens with zero attached hydrogens (tertiary/aromatic N) is 2. The van der Waals surface area contributed by atoms with E-state index in [4.69, 9.17) is 4.74 Å². The fourth-order valence-corrected chi connectivity index (χ4v) is 2.66. The molecule has 0 atom stereocenters. The van der Waals surface area contributed by atoms with Gasteiger partial charge in [-0.25, -0.2) is 0 Å². The second-order valence-electron chi connectivity index (χ2n) is 5.82. The fraction of sp³-hybridized carbons (Fsp3) is 0.316. The number of morpholine rings is 1. The molecule has 3 rings (SSSR count). The fourth-order valence-electron chi connectivity index (χ4n) is 2.66. The Morgan fingerprint density at radius 2 is 1.83 bits per heavy atom. The third kappa shape index (κ3) is 4.11. The molecule has 0 radical (unpaired) electrons. The minimum Gasteiger partial charge on any atom is -0.378 e. The highest BCUT2D eigenvalue weighted by molar-refractivity contribution is 5.99. The summed E-state index contributed by atoms with van der Waals surface area (Å²) < 4.78 is 5.40. The number of rotatable bonds is 4. The summed E-state index contributed by atoms with van der Waals surface area (Å²) >= 11 is 0. The lowest BCUT2D eigenvalue weighted by Crippen LogP contribution is -2.36. The molecule has 1 fully saturated rings. The number of nitrogens with one attached hydrogen (secondary N) is 1. The number of hydrazone groups is 1. The largest absolute Gasteiger partial charge is 0.378 e. The van der Waals surface area contributed by atoms with Crippen LogP contribution >= 0.6 is 0 Å². The molecule has 4 heteroatoms. The van der Waals surface area contributed by atoms with Gasteiger partial charge in [-0.15, -0.1) is 0 Å². The lowest BCUT2D eigenvalue weighted by molar-refractivity contribution is 0.122. The van der Waals surface area contributed by atoms with E-state index in [2.05, 4.69) is 58.7 Å². The first kappa shape index (κ1) is 15.6. The molecule has 0 saturated carbocycles. The summed E-state index contributed by atoms with van der Waals surface area (Å²) in [5.74, 6) is 0. The molecule has 0 amide bonds. The molecule has 0 spiro atoms. The van der Waals surface area contributed by atoms with Crippen LogP contribution in [0, 0.1) is 6.92 Å². The Hall–Kier alpha value is -2.33. The van der Waals surface area contributed by atoms with Crippen LogP contribution in [0.4, 0.5) is 11.4 Å². The van der Waals surface area contributed by atoms with Crippen molar-refractivity contribution < 1.29 is 4.74 Å². The predicted molar refractivity (Wildman–Crippen MR) is 96.5 cm³/mol. The van der Waals surface area contributed by atoms with Crippen LogP contribution in [0.5, 0.6) is 0 Å². The summed E-state index contributed by atoms with van der Waals surface area (Å²) in [5, 5.41) is 4.48. The van der Waals surface area contributed by atoms with Crippen molar-refractivity contribution in [2.45, 2.75) is 13.8 Å². The van der Waals surface area contributed by atoms with Crippen molar-refractivity contribution in [1.29, 1.82) is 0 Å². The number of ether oxygens (including phenoxy) is 1. The number of hydrogen-bond donors (Lipinski definition) is 1. The summed E-state index contributed by atoms with van der Waals surface area (Å²) in [7, 11) is 0. The molecule has 1 aliphatic heterocycles. The minimum absolute atomic E-state index is 0.808. The van der Waals surface area contributed by atoms with Gasteiger partial charge in [0.05, 0.1) is 24.6 Å². The Morgan fingerprint density at radius 1 is 1.09 bits per heavy atom. The van der Waals surface area contributed by atoms with E-state index in [1.165, 1.54) is 11.3 Å². The summed E-state index contributed by atoms with van der Waals surface area (Å²) in [5.41, 5.74) is 8.70. The number of benzene rings is 2. The second-order valence-corrected chi connectivity index (χ2v) is 5.82. The van der Waals surface area contributed by atoms with E-state index in [0.717, 1.165) is 43.3 Å². The van der Waals surface area contributed by atoms with E-state index in [1.54, 1.807) is 0 Å². The van der Waals surface area contributed by atoms with Crippen LogP contribution in [-0.2, 0) is 4.74 Å². The van der Waals surface area contributed by atoms with E-state index in [1.807, 2.05) is 19.1 Å². The molecular formula is C19H23N3O. The normalized spacial score (nSPS) is 15.6. The zero-order valence-electron chi connectivity index (χ0n) is 13.7. The van der Waals surface area contributed by atoms with Crippen molar-refractivity contribution in [1.82, 2.24) is 0 Å². The van der Waals surface area contributed by atoms with Gasteiger partial charge in [0.15, 0.2) is 0 Å². The van der Waals surface area contributed by atoms with Gasteiger partial charge < -0.3 is 9.64 Å². The maximum absolute atomic E-state index is 5.40. The first-order valence-corrected chi connectivity index (χ1v) is 8.02. The van der Waals surface area contributed by atoms with E-state index >= 15 is 0 Å². The second kappa shape index (κ2) is 7.29. The third-order valence-electron chi connectivity index (χ3n) is 4.03. The summed E-state index contributed by atoms with van der Waals surface area (Å²) in [6.07, 6.45) is 0. The van der Waals surface area contributed by atoms with Gasteiger partial charge in [0.1, 0.15) is 0 Å². The highest BCUT2D eigenvalue weighted by Crippen LogP contribution is 2.17. The molecule has 0 aromatic heterocycles. The summed E-state index contributed by atoms with van der Waals surface area (Å²) in [6, 6.07) is 16.8. The maximum Gasteiger partial charge on any atom is 0.0648 e. The topological polar surface area (TPSA) is 36.9 Å². The minimum atomic E-state index is 0.808. The van der Waals surface area contributed by atoms with Crippen LogP contribution in [0.25, 0.3) is 0 Å². The Balaban J connectivity index is 1.67. The molecule has 1 N–H and O–H groups in total. The quantitative estimate of drug-likeness (QED) is 0.691. The molecule has 0 bridgehead atoms. The Morgan fingerprint density at radius 3 is 2.52 bits per heavy atom. The molecule has 0 unspecified atom stereocenters. The molecule has 4 nitrogen and oxygen atoms in total. The molecule has 23 heavy (non-hydrogen) atoms. The zero-order valence-corrected chi connectivity index (χ0v) is 13.7. The van der Waals surface area contributed by atoms with E-state index in [9.17, 15) is 0 Å². The van der Waals surface area contributed by atoms with Crippen molar-refractivity contribution >= 4 is 17.1 Å². The van der Waals surface area contributed by atoms with Crippen LogP contribution in [0.3, 0.4) is 0 Å². The van der Waals surface area contributed by atoms with Crippen molar-refractivity contribution in [2.75, 3.05) is 36.6 Å². The summed E-state index contributed by atoms with van der Waals surface area (Å²) in [4.78, 5) is 2.35. The smallest absolute Gasteiger partial charge is 0.0648 e. The Labute approximate surface area is 137 Å². The van der Waals surface area contributed by atoms with Gasteiger partial charge in [-0.05, 0) is 49.2 Å². The number of anilines is 2. The first-order valence-electron chi connectivity index (χ1n) is 8.02. The van der Waals surface area contributed by atoms with Crippen LogP contribution in [0.15, 0.2) is 53.6 Å². The number of hydrogen-bond acceptors (Lipinski definition) is 4. The molecular weight excluding hydrogens is 286 g/mol. The van der Waals surface area contributed by atoms with Crippen LogP contribution in [-0.4, -0.2) is 32.0 Å². The highest BCUT2D eigenvalue weighted by atomic mass is 16.5. The monoisotopic (exact) mass is 309 g/mol. The molecule has 2 aromatic rings. The van der Waals surface area contributed by atoms with Gasteiger partial charge in [-0.2, -0.15) is 5.10 Å². The average Bonchev–Trinajstić information content (AvgIpc) is 2.61. The van der Waals surface area contributed by atoms with Crippen molar-refractivity contribution in [3.05, 3.63) is 59.7 Å². The van der Waals surface area contributed by atoms with Gasteiger partial charge in [0, 0.05) is 18.8 Å². The van der Waals surface area contributed by atoms with Gasteiger partial charge in [-0.1, -0.05) is 24.3 Å². The van der Waals surface area contributed by atoms with Crippen molar-refractivity contribution in [2.24, 2.45) is 5.10 Å². The third-order valence-corrected chi connectivity index (χ3v) is 4.03. The Kier molecular flexibility index (Phi) is 4.93.